The van der Waals surface area contributed by atoms with Gasteiger partial charge in [0.1, 0.15) is 0 Å². The van der Waals surface area contributed by atoms with Crippen LogP contribution in [-0.2, 0) is 10.2 Å². The van der Waals surface area contributed by atoms with E-state index in [1.165, 1.54) is 32.1 Å². The molecule has 0 spiro atoms. The third-order valence-electron chi connectivity index (χ3n) is 4.16. The third kappa shape index (κ3) is 6.83. The molecule has 0 aliphatic heterocycles. The van der Waals surface area contributed by atoms with E-state index in [1.807, 2.05) is 37.3 Å². The van der Waals surface area contributed by atoms with Crippen LogP contribution < -0.4 is 0 Å². The molecule has 0 aliphatic rings. The number of hydrogen-bond donors (Lipinski definition) is 1. The molecule has 2 nitrogen and oxygen atoms in total. The molecule has 1 N–H and O–H groups in total. The minimum atomic E-state index is -0.745. The van der Waals surface area contributed by atoms with Crippen molar-refractivity contribution < 1.29 is 12.8 Å². The molecule has 0 aromatic heterocycles. The molecule has 21 heavy (non-hydrogen) atoms. The van der Waals surface area contributed by atoms with Crippen LogP contribution in [0.4, 0.5) is 0 Å². The van der Waals surface area contributed by atoms with Crippen molar-refractivity contribution in [3.05, 3.63) is 35.9 Å². The van der Waals surface area contributed by atoms with Gasteiger partial charge in [0.05, 0.1) is 5.41 Å². The van der Waals surface area contributed by atoms with Crippen LogP contribution in [0.5, 0.6) is 0 Å². The molecule has 0 radical (unpaired) electrons. The predicted octanol–water partition coefficient (Wildman–Crippen LogP) is 5.01. The number of benzene rings is 1. The molecule has 1 atom stereocenters. The van der Waals surface area contributed by atoms with Crippen molar-refractivity contribution in [1.82, 2.24) is 0 Å². The standard InChI is InChI=1S/C18H28O2.Mg.2H/c1-3-4-5-6-7-8-12-15-18(2,17(19)20)16-13-10-9-11-14-16;;;/h9-11,13-14H,3-8,12,15H2,1-2H3,(H,19,20);;;/q;+2;2*-1. The van der Waals surface area contributed by atoms with E-state index in [4.69, 9.17) is 0 Å². The van der Waals surface area contributed by atoms with Crippen LogP contribution in [0.2, 0.25) is 0 Å². The quantitative estimate of drug-likeness (QED) is 0.487. The van der Waals surface area contributed by atoms with E-state index >= 15 is 0 Å². The Balaban J connectivity index is -0.00000133. The Morgan fingerprint density at radius 3 is 2.10 bits per heavy atom. The molecular formula is C18H30MgO2. The Morgan fingerprint density at radius 1 is 1.05 bits per heavy atom. The Hall–Kier alpha value is -0.544. The fraction of sp³-hybridized carbons (Fsp3) is 0.611. The predicted molar refractivity (Wildman–Crippen MR) is 92.0 cm³/mol. The average Bonchev–Trinajstić information content (AvgIpc) is 2.46. The fourth-order valence-corrected chi connectivity index (χ4v) is 2.62. The van der Waals surface area contributed by atoms with Gasteiger partial charge in [-0.15, -0.1) is 0 Å². The summed E-state index contributed by atoms with van der Waals surface area (Å²) in [5, 5.41) is 9.56. The average molecular weight is 303 g/mol. The molecule has 0 bridgehead atoms. The van der Waals surface area contributed by atoms with Gasteiger partial charge in [0.2, 0.25) is 0 Å². The van der Waals surface area contributed by atoms with Gasteiger partial charge < -0.3 is 7.96 Å². The molecule has 1 aromatic carbocycles. The number of carbonyl (C=O) groups is 1. The molecular weight excluding hydrogens is 273 g/mol. The first-order valence-electron chi connectivity index (χ1n) is 7.90. The third-order valence-corrected chi connectivity index (χ3v) is 4.16. The van der Waals surface area contributed by atoms with Crippen molar-refractivity contribution in [2.75, 3.05) is 0 Å². The second kappa shape index (κ2) is 11.1. The summed E-state index contributed by atoms with van der Waals surface area (Å²) in [4.78, 5) is 11.6. The fourth-order valence-electron chi connectivity index (χ4n) is 2.62. The topological polar surface area (TPSA) is 37.3 Å². The van der Waals surface area contributed by atoms with E-state index in [0.29, 0.717) is 0 Å². The summed E-state index contributed by atoms with van der Waals surface area (Å²) < 4.78 is 0. The maximum atomic E-state index is 11.6. The molecule has 1 rings (SSSR count). The number of rotatable bonds is 10. The van der Waals surface area contributed by atoms with Crippen LogP contribution in [0.15, 0.2) is 30.3 Å². The minimum absolute atomic E-state index is 0. The van der Waals surface area contributed by atoms with E-state index in [0.717, 1.165) is 24.8 Å². The largest absolute Gasteiger partial charge is 2.00 e. The summed E-state index contributed by atoms with van der Waals surface area (Å²) in [6.07, 6.45) is 9.25. The number of aliphatic carboxylic acids is 1. The molecule has 3 heteroatoms. The zero-order valence-electron chi connectivity index (χ0n) is 15.6. The van der Waals surface area contributed by atoms with Gasteiger partial charge in [-0.25, -0.2) is 0 Å². The van der Waals surface area contributed by atoms with Crippen molar-refractivity contribution in [2.24, 2.45) is 0 Å². The molecule has 116 valence electrons. The summed E-state index contributed by atoms with van der Waals surface area (Å²) in [7, 11) is 0. The maximum Gasteiger partial charge on any atom is 2.00 e. The van der Waals surface area contributed by atoms with Gasteiger partial charge in [-0.3, -0.25) is 4.79 Å². The molecule has 1 unspecified atom stereocenters. The van der Waals surface area contributed by atoms with Crippen molar-refractivity contribution >= 4 is 29.0 Å². The van der Waals surface area contributed by atoms with Crippen LogP contribution in [0.25, 0.3) is 0 Å². The van der Waals surface area contributed by atoms with Gasteiger partial charge in [-0.2, -0.15) is 0 Å². The Labute approximate surface area is 148 Å². The van der Waals surface area contributed by atoms with Crippen LogP contribution in [0.1, 0.15) is 73.6 Å². The summed E-state index contributed by atoms with van der Waals surface area (Å²) in [6.45, 7) is 4.07. The van der Waals surface area contributed by atoms with Crippen molar-refractivity contribution in [3.63, 3.8) is 0 Å². The van der Waals surface area contributed by atoms with Crippen molar-refractivity contribution in [3.8, 4) is 0 Å². The normalized spacial score (nSPS) is 13.2. The number of hydrogen-bond acceptors (Lipinski definition) is 1. The summed E-state index contributed by atoms with van der Waals surface area (Å²) in [5.41, 5.74) is 0.170. The molecule has 0 amide bonds. The molecule has 0 fully saturated rings. The van der Waals surface area contributed by atoms with Gasteiger partial charge in [0, 0.05) is 0 Å². The number of carboxylic acid groups (broad SMARTS) is 1. The molecule has 0 saturated carbocycles. The van der Waals surface area contributed by atoms with Crippen LogP contribution >= 0.6 is 0 Å². The number of carboxylic acids is 1. The first-order chi connectivity index (χ1) is 9.61. The second-order valence-electron chi connectivity index (χ2n) is 5.87. The first-order valence-corrected chi connectivity index (χ1v) is 7.90. The van der Waals surface area contributed by atoms with Gasteiger partial charge in [-0.05, 0) is 18.9 Å². The van der Waals surface area contributed by atoms with Crippen LogP contribution in [0.3, 0.4) is 0 Å². The van der Waals surface area contributed by atoms with Gasteiger partial charge >= 0.3 is 29.0 Å². The molecule has 0 aliphatic carbocycles. The zero-order chi connectivity index (χ0) is 14.8. The summed E-state index contributed by atoms with van der Waals surface area (Å²) in [6, 6.07) is 9.62. The van der Waals surface area contributed by atoms with Crippen molar-refractivity contribution in [1.29, 1.82) is 0 Å². The van der Waals surface area contributed by atoms with Gasteiger partial charge in [-0.1, -0.05) is 82.2 Å². The molecule has 1 aromatic rings. The van der Waals surface area contributed by atoms with Crippen LogP contribution in [0, 0.1) is 0 Å². The summed E-state index contributed by atoms with van der Waals surface area (Å²) in [5.74, 6) is -0.713. The zero-order valence-corrected chi connectivity index (χ0v) is 15.0. The van der Waals surface area contributed by atoms with E-state index in [1.54, 1.807) is 0 Å². The van der Waals surface area contributed by atoms with E-state index in [-0.39, 0.29) is 25.9 Å². The van der Waals surface area contributed by atoms with Gasteiger partial charge in [0.25, 0.3) is 0 Å². The molecule has 0 heterocycles. The van der Waals surface area contributed by atoms with Crippen molar-refractivity contribution in [2.45, 2.75) is 70.6 Å². The Morgan fingerprint density at radius 2 is 1.57 bits per heavy atom. The van der Waals surface area contributed by atoms with Crippen LogP contribution in [-0.4, -0.2) is 34.1 Å². The smallest absolute Gasteiger partial charge is 1.00 e. The van der Waals surface area contributed by atoms with Gasteiger partial charge in [0.15, 0.2) is 0 Å². The minimum Gasteiger partial charge on any atom is -1.00 e. The van der Waals surface area contributed by atoms with E-state index in [9.17, 15) is 9.90 Å². The first kappa shape index (κ1) is 20.5. The Bertz CT molecular complexity index is 401. The van der Waals surface area contributed by atoms with E-state index < -0.39 is 11.4 Å². The number of unbranched alkanes of at least 4 members (excludes halogenated alkanes) is 6. The summed E-state index contributed by atoms with van der Waals surface area (Å²) >= 11 is 0. The second-order valence-corrected chi connectivity index (χ2v) is 5.87. The monoisotopic (exact) mass is 302 g/mol. The molecule has 0 saturated heterocycles. The SMILES string of the molecule is CCCCCCCCCC(C)(C(=O)O)c1ccccc1.[H-].[H-].[Mg+2]. The van der Waals surface area contributed by atoms with E-state index in [2.05, 4.69) is 6.92 Å². The Kier molecular flexibility index (Phi) is 10.8. The maximum absolute atomic E-state index is 11.6.